The first-order valence-electron chi connectivity index (χ1n) is 9.02. The van der Waals surface area contributed by atoms with Gasteiger partial charge in [-0.05, 0) is 39.7 Å². The number of amides is 1. The van der Waals surface area contributed by atoms with E-state index in [4.69, 9.17) is 24.1 Å². The van der Waals surface area contributed by atoms with E-state index in [-0.39, 0.29) is 19.3 Å². The Bertz CT molecular complexity index is 555. The van der Waals surface area contributed by atoms with Crippen molar-refractivity contribution < 1.29 is 28.8 Å². The fourth-order valence-corrected chi connectivity index (χ4v) is 2.49. The maximum atomic E-state index is 12.3. The van der Waals surface area contributed by atoms with Crippen molar-refractivity contribution in [1.82, 2.24) is 4.90 Å². The van der Waals surface area contributed by atoms with Crippen LogP contribution >= 0.6 is 0 Å². The molecule has 1 heterocycles. The highest BCUT2D eigenvalue weighted by molar-refractivity contribution is 5.69. The lowest BCUT2D eigenvalue weighted by molar-refractivity contribution is -0.178. The zero-order valence-corrected chi connectivity index (χ0v) is 17.2. The molecule has 1 amide bonds. The average molecular weight is 383 g/mol. The third kappa shape index (κ3) is 7.46. The van der Waals surface area contributed by atoms with E-state index in [1.54, 1.807) is 19.1 Å². The Kier molecular flexibility index (Phi) is 9.18. The van der Waals surface area contributed by atoms with E-state index < -0.39 is 17.6 Å². The zero-order valence-electron chi connectivity index (χ0n) is 17.2. The van der Waals surface area contributed by atoms with Crippen molar-refractivity contribution in [3.63, 3.8) is 0 Å². The fourth-order valence-electron chi connectivity index (χ4n) is 2.49. The minimum Gasteiger partial charge on any atom is -0.444 e. The molecule has 1 aliphatic rings. The molecule has 1 aromatic rings. The molecule has 0 aromatic heterocycles. The monoisotopic (exact) mass is 383 g/mol. The van der Waals surface area contributed by atoms with Crippen LogP contribution in [0.5, 0.6) is 0 Å². The van der Waals surface area contributed by atoms with Gasteiger partial charge in [0.15, 0.2) is 5.79 Å². The van der Waals surface area contributed by atoms with Crippen molar-refractivity contribution in [3.05, 3.63) is 35.9 Å². The Hall–Kier alpha value is -1.67. The van der Waals surface area contributed by atoms with Crippen LogP contribution in [0.1, 0.15) is 39.7 Å². The number of hydrogen-bond acceptors (Lipinski definition) is 6. The van der Waals surface area contributed by atoms with Gasteiger partial charge in [-0.2, -0.15) is 0 Å². The molecule has 1 fully saturated rings. The van der Waals surface area contributed by atoms with E-state index >= 15 is 0 Å². The molecule has 7 nitrogen and oxygen atoms in total. The number of methoxy groups -OCH3 is 2. The zero-order chi connectivity index (χ0) is 20.5. The van der Waals surface area contributed by atoms with Crippen molar-refractivity contribution in [1.29, 1.82) is 0 Å². The number of carbonyl (C=O) groups excluding carboxylic acids is 1. The third-order valence-electron chi connectivity index (χ3n) is 4.42. The molecule has 0 aliphatic carbocycles. The van der Waals surface area contributed by atoms with Crippen molar-refractivity contribution in [3.8, 4) is 0 Å². The highest BCUT2D eigenvalue weighted by Crippen LogP contribution is 2.29. The van der Waals surface area contributed by atoms with Crippen LogP contribution in [-0.2, 0) is 25.6 Å². The average Bonchev–Trinajstić information content (AvgIpc) is 2.96. The molecule has 0 spiro atoms. The number of aliphatic hydroxyl groups is 1. The second-order valence-corrected chi connectivity index (χ2v) is 7.14. The first kappa shape index (κ1) is 23.4. The molecule has 7 heteroatoms. The summed E-state index contributed by atoms with van der Waals surface area (Å²) in [4.78, 5) is 13.8. The summed E-state index contributed by atoms with van der Waals surface area (Å²) >= 11 is 0. The van der Waals surface area contributed by atoms with Gasteiger partial charge in [-0.3, -0.25) is 4.90 Å². The largest absolute Gasteiger partial charge is 0.444 e. The van der Waals surface area contributed by atoms with Gasteiger partial charge in [-0.15, -0.1) is 0 Å². The van der Waals surface area contributed by atoms with Gasteiger partial charge in [0.1, 0.15) is 12.3 Å². The molecule has 0 bridgehead atoms. The summed E-state index contributed by atoms with van der Waals surface area (Å²) in [5.41, 5.74) is 0.241. The van der Waals surface area contributed by atoms with Gasteiger partial charge in [0.05, 0.1) is 12.6 Å². The topological polar surface area (TPSA) is 77.5 Å². The van der Waals surface area contributed by atoms with Gasteiger partial charge in [-0.1, -0.05) is 30.3 Å². The normalized spacial score (nSPS) is 18.6. The summed E-state index contributed by atoms with van der Waals surface area (Å²) in [6.07, 6.45) is 0.0824. The van der Waals surface area contributed by atoms with Crippen molar-refractivity contribution in [2.75, 3.05) is 27.4 Å². The minimum atomic E-state index is -0.701. The van der Waals surface area contributed by atoms with E-state index in [9.17, 15) is 4.79 Å². The predicted molar refractivity (Wildman–Crippen MR) is 102 cm³/mol. The van der Waals surface area contributed by atoms with Crippen LogP contribution in [0.25, 0.3) is 0 Å². The summed E-state index contributed by atoms with van der Waals surface area (Å²) in [5.74, 6) is -0.417. The Morgan fingerprint density at radius 1 is 1.26 bits per heavy atom. The summed E-state index contributed by atoms with van der Waals surface area (Å²) in [6.45, 7) is 8.04. The molecule has 1 saturated heterocycles. The van der Waals surface area contributed by atoms with Gasteiger partial charge in [0.25, 0.3) is 0 Å². The van der Waals surface area contributed by atoms with Gasteiger partial charge in [-0.25, -0.2) is 4.79 Å². The lowest BCUT2D eigenvalue weighted by Gasteiger charge is -2.32. The van der Waals surface area contributed by atoms with Crippen molar-refractivity contribution >= 4 is 6.09 Å². The first-order valence-corrected chi connectivity index (χ1v) is 9.02. The van der Waals surface area contributed by atoms with Crippen molar-refractivity contribution in [2.24, 2.45) is 0 Å². The molecule has 154 valence electrons. The van der Waals surface area contributed by atoms with E-state index in [1.165, 1.54) is 0 Å². The number of ether oxygens (including phenoxy) is 4. The molecule has 0 radical (unpaired) electrons. The number of aliphatic hydroxyl groups excluding tert-OH is 1. The van der Waals surface area contributed by atoms with Crippen LogP contribution < -0.4 is 0 Å². The standard InChI is InChI=1S/C15H21NO4.C5H12O2/c1-15(2)16(13(8-9-17)11-20-15)14(18)19-10-12-6-4-3-5-7-12;1-5(2,6-3)7-4/h3-7,13,17H,8-11H2,1-2H3;1-4H3/t13-;/m0./s1. The van der Waals surface area contributed by atoms with E-state index in [0.717, 1.165) is 5.56 Å². The van der Waals surface area contributed by atoms with Crippen LogP contribution in [-0.4, -0.2) is 61.1 Å². The summed E-state index contributed by atoms with van der Waals surface area (Å²) < 4.78 is 20.7. The van der Waals surface area contributed by atoms with Crippen LogP contribution in [0.15, 0.2) is 30.3 Å². The quantitative estimate of drug-likeness (QED) is 0.761. The van der Waals surface area contributed by atoms with E-state index in [1.807, 2.05) is 58.0 Å². The molecule has 0 saturated carbocycles. The molecule has 0 unspecified atom stereocenters. The highest BCUT2D eigenvalue weighted by atomic mass is 16.7. The summed E-state index contributed by atoms with van der Waals surface area (Å²) in [6, 6.07) is 9.40. The Balaban J connectivity index is 0.000000445. The van der Waals surface area contributed by atoms with Gasteiger partial charge in [0, 0.05) is 20.8 Å². The van der Waals surface area contributed by atoms with Gasteiger partial charge >= 0.3 is 6.09 Å². The Morgan fingerprint density at radius 3 is 2.33 bits per heavy atom. The second-order valence-electron chi connectivity index (χ2n) is 7.14. The van der Waals surface area contributed by atoms with Crippen molar-refractivity contribution in [2.45, 2.75) is 58.3 Å². The Morgan fingerprint density at radius 2 is 1.85 bits per heavy atom. The van der Waals surface area contributed by atoms with E-state index in [2.05, 4.69) is 0 Å². The molecule has 2 rings (SSSR count). The number of benzene rings is 1. The number of hydrogen-bond donors (Lipinski definition) is 1. The second kappa shape index (κ2) is 10.6. The van der Waals surface area contributed by atoms with Crippen LogP contribution in [0, 0.1) is 0 Å². The number of nitrogens with zero attached hydrogens (tertiary/aromatic N) is 1. The number of carbonyl (C=O) groups is 1. The summed E-state index contributed by atoms with van der Waals surface area (Å²) in [5, 5.41) is 9.07. The highest BCUT2D eigenvalue weighted by Gasteiger charge is 2.44. The summed E-state index contributed by atoms with van der Waals surface area (Å²) in [7, 11) is 3.23. The molecule has 1 N–H and O–H groups in total. The molecular weight excluding hydrogens is 350 g/mol. The predicted octanol–water partition coefficient (Wildman–Crippen LogP) is 3.16. The molecule has 1 aromatic carbocycles. The minimum absolute atomic E-state index is 0.0204. The Labute approximate surface area is 162 Å². The molecule has 27 heavy (non-hydrogen) atoms. The fraction of sp³-hybridized carbons (Fsp3) is 0.650. The molecule has 1 atom stereocenters. The van der Waals surface area contributed by atoms with Crippen LogP contribution in [0.3, 0.4) is 0 Å². The molecular formula is C20H33NO6. The van der Waals surface area contributed by atoms with Crippen LogP contribution in [0.4, 0.5) is 4.79 Å². The van der Waals surface area contributed by atoms with Gasteiger partial charge < -0.3 is 24.1 Å². The molecule has 1 aliphatic heterocycles. The number of rotatable bonds is 6. The third-order valence-corrected chi connectivity index (χ3v) is 4.42. The SMILES string of the molecule is CC1(C)OC[C@H](CCO)N1C(=O)OCc1ccccc1.COC(C)(C)OC. The van der Waals surface area contributed by atoms with Gasteiger partial charge in [0.2, 0.25) is 0 Å². The lowest BCUT2D eigenvalue weighted by Crippen LogP contribution is -2.48. The van der Waals surface area contributed by atoms with E-state index in [0.29, 0.717) is 13.0 Å². The maximum Gasteiger partial charge on any atom is 0.412 e. The van der Waals surface area contributed by atoms with Crippen LogP contribution in [0.2, 0.25) is 0 Å². The first-order chi connectivity index (χ1) is 12.7. The lowest BCUT2D eigenvalue weighted by atomic mass is 10.2. The maximum absolute atomic E-state index is 12.3. The smallest absolute Gasteiger partial charge is 0.412 e.